The minimum atomic E-state index is -4.42. The normalized spacial score (nSPS) is 11.8. The van der Waals surface area contributed by atoms with E-state index >= 15 is 0 Å². The Morgan fingerprint density at radius 2 is 1.94 bits per heavy atom. The SMILES string of the molecule is N#C/C(=C/c1ccc(-c2ccc(Br)cc2)o1)C(=O)Nc1ncc(Cc2cccc(C(F)(F)F)c2)s1. The Labute approximate surface area is 210 Å². The van der Waals surface area contributed by atoms with Crippen LogP contribution in [0.4, 0.5) is 18.3 Å². The molecule has 2 aromatic heterocycles. The van der Waals surface area contributed by atoms with Crippen LogP contribution in [0.3, 0.4) is 0 Å². The highest BCUT2D eigenvalue weighted by atomic mass is 79.9. The third-order valence-electron chi connectivity index (χ3n) is 4.81. The Morgan fingerprint density at radius 3 is 2.66 bits per heavy atom. The maximum Gasteiger partial charge on any atom is 0.416 e. The maximum atomic E-state index is 12.9. The summed E-state index contributed by atoms with van der Waals surface area (Å²) >= 11 is 4.49. The lowest BCUT2D eigenvalue weighted by Gasteiger charge is -2.07. The molecule has 0 saturated heterocycles. The van der Waals surface area contributed by atoms with E-state index in [-0.39, 0.29) is 17.1 Å². The molecule has 0 aliphatic carbocycles. The van der Waals surface area contributed by atoms with Gasteiger partial charge in [0.15, 0.2) is 5.13 Å². The number of alkyl halides is 3. The van der Waals surface area contributed by atoms with Gasteiger partial charge in [-0.05, 0) is 35.9 Å². The summed E-state index contributed by atoms with van der Waals surface area (Å²) < 4.78 is 45.4. The van der Waals surface area contributed by atoms with Crippen molar-refractivity contribution in [1.82, 2.24) is 4.98 Å². The van der Waals surface area contributed by atoms with Crippen LogP contribution in [0.1, 0.15) is 21.8 Å². The van der Waals surface area contributed by atoms with Crippen LogP contribution in [0.2, 0.25) is 0 Å². The number of carbonyl (C=O) groups is 1. The van der Waals surface area contributed by atoms with Gasteiger partial charge in [0.2, 0.25) is 0 Å². The van der Waals surface area contributed by atoms with Crippen LogP contribution < -0.4 is 5.32 Å². The van der Waals surface area contributed by atoms with Crippen LogP contribution in [-0.4, -0.2) is 10.9 Å². The summed E-state index contributed by atoms with van der Waals surface area (Å²) in [7, 11) is 0. The molecule has 10 heteroatoms. The number of anilines is 1. The fourth-order valence-corrected chi connectivity index (χ4v) is 4.27. The number of carbonyl (C=O) groups excluding carboxylic acids is 1. The van der Waals surface area contributed by atoms with Gasteiger partial charge in [0, 0.05) is 33.6 Å². The average Bonchev–Trinajstić information content (AvgIpc) is 3.47. The van der Waals surface area contributed by atoms with E-state index in [1.807, 2.05) is 30.3 Å². The van der Waals surface area contributed by atoms with Gasteiger partial charge >= 0.3 is 6.18 Å². The number of nitrogens with zero attached hydrogens (tertiary/aromatic N) is 2. The number of thiazole rings is 1. The molecule has 5 nitrogen and oxygen atoms in total. The van der Waals surface area contributed by atoms with E-state index < -0.39 is 17.6 Å². The highest BCUT2D eigenvalue weighted by Crippen LogP contribution is 2.31. The molecule has 4 rings (SSSR count). The lowest BCUT2D eigenvalue weighted by Crippen LogP contribution is -2.13. The first kappa shape index (κ1) is 24.4. The third kappa shape index (κ3) is 6.26. The van der Waals surface area contributed by atoms with Crippen molar-refractivity contribution in [2.45, 2.75) is 12.6 Å². The zero-order valence-electron chi connectivity index (χ0n) is 17.8. The molecule has 0 fully saturated rings. The molecule has 0 saturated carbocycles. The van der Waals surface area contributed by atoms with Gasteiger partial charge in [0.25, 0.3) is 5.91 Å². The van der Waals surface area contributed by atoms with Gasteiger partial charge < -0.3 is 4.42 Å². The second-order valence-corrected chi connectivity index (χ2v) is 9.37. The molecule has 0 radical (unpaired) electrons. The summed E-state index contributed by atoms with van der Waals surface area (Å²) in [5.74, 6) is 0.244. The minimum absolute atomic E-state index is 0.184. The Kier molecular flexibility index (Phi) is 7.19. The van der Waals surface area contributed by atoms with Crippen molar-refractivity contribution in [1.29, 1.82) is 5.26 Å². The maximum absolute atomic E-state index is 12.9. The standard InChI is InChI=1S/C25H15BrF3N3O2S/c26-19-6-4-16(5-7-19)22-9-8-20(34-22)12-17(13-30)23(33)32-24-31-14-21(35-24)11-15-2-1-3-18(10-15)25(27,28)29/h1-10,12,14H,11H2,(H,31,32,33)/b17-12-. The van der Waals surface area contributed by atoms with Crippen molar-refractivity contribution in [2.75, 3.05) is 5.32 Å². The number of hydrogen-bond acceptors (Lipinski definition) is 5. The zero-order valence-corrected chi connectivity index (χ0v) is 20.2. The van der Waals surface area contributed by atoms with E-state index in [1.165, 1.54) is 18.3 Å². The fourth-order valence-electron chi connectivity index (χ4n) is 3.16. The number of amides is 1. The van der Waals surface area contributed by atoms with Crippen molar-refractivity contribution >= 4 is 44.4 Å². The van der Waals surface area contributed by atoms with E-state index in [9.17, 15) is 23.2 Å². The van der Waals surface area contributed by atoms with Gasteiger partial charge in [-0.15, -0.1) is 11.3 Å². The summed E-state index contributed by atoms with van der Waals surface area (Å²) in [6.07, 6.45) is -1.39. The molecule has 1 N–H and O–H groups in total. The smallest absolute Gasteiger partial charge is 0.416 e. The predicted molar refractivity (Wildman–Crippen MR) is 130 cm³/mol. The van der Waals surface area contributed by atoms with Crippen molar-refractivity contribution in [3.05, 3.63) is 98.7 Å². The van der Waals surface area contributed by atoms with E-state index in [0.29, 0.717) is 22.0 Å². The summed E-state index contributed by atoms with van der Waals surface area (Å²) in [6, 6.07) is 17.8. The average molecular weight is 558 g/mol. The molecule has 4 aromatic rings. The lowest BCUT2D eigenvalue weighted by atomic mass is 10.1. The molecule has 0 aliphatic heterocycles. The number of nitriles is 1. The first-order valence-corrected chi connectivity index (χ1v) is 11.7. The number of nitrogens with one attached hydrogen (secondary N) is 1. The summed E-state index contributed by atoms with van der Waals surface area (Å²) in [5, 5.41) is 12.2. The second kappa shape index (κ2) is 10.3. The van der Waals surface area contributed by atoms with E-state index in [4.69, 9.17) is 4.42 Å². The number of halogens is 4. The number of rotatable bonds is 6. The Bertz CT molecular complexity index is 1430. The first-order chi connectivity index (χ1) is 16.7. The first-order valence-electron chi connectivity index (χ1n) is 10.1. The highest BCUT2D eigenvalue weighted by molar-refractivity contribution is 9.10. The summed E-state index contributed by atoms with van der Waals surface area (Å²) in [5.41, 5.74) is 0.402. The number of benzene rings is 2. The van der Waals surface area contributed by atoms with Crippen LogP contribution in [0.5, 0.6) is 0 Å². The molecule has 2 heterocycles. The van der Waals surface area contributed by atoms with Crippen LogP contribution >= 0.6 is 27.3 Å². The van der Waals surface area contributed by atoms with Crippen LogP contribution in [-0.2, 0) is 17.4 Å². The van der Waals surface area contributed by atoms with Gasteiger partial charge in [0.1, 0.15) is 23.2 Å². The van der Waals surface area contributed by atoms with Crippen LogP contribution in [0, 0.1) is 11.3 Å². The molecular formula is C25H15BrF3N3O2S. The second-order valence-electron chi connectivity index (χ2n) is 7.34. The minimum Gasteiger partial charge on any atom is -0.457 e. The monoisotopic (exact) mass is 557 g/mol. The van der Waals surface area contributed by atoms with E-state index in [2.05, 4.69) is 26.2 Å². The fraction of sp³-hybridized carbons (Fsp3) is 0.0800. The molecule has 0 unspecified atom stereocenters. The van der Waals surface area contributed by atoms with Gasteiger partial charge in [-0.3, -0.25) is 10.1 Å². The quantitative estimate of drug-likeness (QED) is 0.199. The molecule has 35 heavy (non-hydrogen) atoms. The zero-order chi connectivity index (χ0) is 25.0. The van der Waals surface area contributed by atoms with E-state index in [0.717, 1.165) is 33.5 Å². The Balaban J connectivity index is 1.44. The number of hydrogen-bond donors (Lipinski definition) is 1. The molecule has 176 valence electrons. The molecule has 0 aliphatic rings. The Morgan fingerprint density at radius 1 is 1.17 bits per heavy atom. The van der Waals surface area contributed by atoms with Crippen molar-refractivity contribution < 1.29 is 22.4 Å². The lowest BCUT2D eigenvalue weighted by molar-refractivity contribution is -0.137. The van der Waals surface area contributed by atoms with Crippen molar-refractivity contribution in [3.63, 3.8) is 0 Å². The predicted octanol–water partition coefficient (Wildman–Crippen LogP) is 7.32. The molecule has 1 amide bonds. The summed E-state index contributed by atoms with van der Waals surface area (Å²) in [4.78, 5) is 17.3. The molecule has 2 aromatic carbocycles. The highest BCUT2D eigenvalue weighted by Gasteiger charge is 2.30. The Hall–Kier alpha value is -3.68. The molecule has 0 bridgehead atoms. The largest absolute Gasteiger partial charge is 0.457 e. The summed E-state index contributed by atoms with van der Waals surface area (Å²) in [6.45, 7) is 0. The van der Waals surface area contributed by atoms with Gasteiger partial charge in [-0.25, -0.2) is 4.98 Å². The molecule has 0 spiro atoms. The third-order valence-corrected chi connectivity index (χ3v) is 6.26. The van der Waals surface area contributed by atoms with Crippen LogP contribution in [0.25, 0.3) is 17.4 Å². The van der Waals surface area contributed by atoms with Crippen LogP contribution in [0.15, 0.2) is 81.3 Å². The van der Waals surface area contributed by atoms with Crippen molar-refractivity contribution in [3.8, 4) is 17.4 Å². The van der Waals surface area contributed by atoms with Crippen molar-refractivity contribution in [2.24, 2.45) is 0 Å². The van der Waals surface area contributed by atoms with Gasteiger partial charge in [0.05, 0.1) is 5.56 Å². The van der Waals surface area contributed by atoms with Gasteiger partial charge in [-0.1, -0.05) is 46.3 Å². The molecule has 0 atom stereocenters. The molecular weight excluding hydrogens is 543 g/mol. The number of furan rings is 1. The van der Waals surface area contributed by atoms with E-state index in [1.54, 1.807) is 18.2 Å². The van der Waals surface area contributed by atoms with Gasteiger partial charge in [-0.2, -0.15) is 18.4 Å². The topological polar surface area (TPSA) is 78.9 Å². The number of aromatic nitrogens is 1.